The Morgan fingerprint density at radius 1 is 1.17 bits per heavy atom. The molecule has 100 valence electrons. The fourth-order valence-corrected chi connectivity index (χ4v) is 2.82. The zero-order chi connectivity index (χ0) is 13.1. The van der Waals surface area contributed by atoms with Crippen LogP contribution in [0.15, 0.2) is 18.2 Å². The first kappa shape index (κ1) is 13.3. The van der Waals surface area contributed by atoms with E-state index in [4.69, 9.17) is 0 Å². The molecular formula is C16H26N2. The topological polar surface area (TPSA) is 15.3 Å². The van der Waals surface area contributed by atoms with Crippen molar-refractivity contribution in [1.29, 1.82) is 0 Å². The van der Waals surface area contributed by atoms with Crippen LogP contribution in [0, 0.1) is 12.8 Å². The number of hydrogen-bond acceptors (Lipinski definition) is 2. The third-order valence-electron chi connectivity index (χ3n) is 4.18. The van der Waals surface area contributed by atoms with Crippen molar-refractivity contribution in [3.8, 4) is 0 Å². The molecule has 0 saturated heterocycles. The van der Waals surface area contributed by atoms with E-state index in [2.05, 4.69) is 56.4 Å². The average Bonchev–Trinajstić information content (AvgIpc) is 2.34. The number of anilines is 2. The van der Waals surface area contributed by atoms with E-state index >= 15 is 0 Å². The number of nitrogens with zero attached hydrogens (tertiary/aromatic N) is 1. The molecule has 0 bridgehead atoms. The molecule has 2 rings (SSSR count). The van der Waals surface area contributed by atoms with Gasteiger partial charge in [0.15, 0.2) is 0 Å². The van der Waals surface area contributed by atoms with Gasteiger partial charge >= 0.3 is 0 Å². The third kappa shape index (κ3) is 2.98. The first-order chi connectivity index (χ1) is 8.58. The van der Waals surface area contributed by atoms with E-state index in [1.54, 1.807) is 0 Å². The summed E-state index contributed by atoms with van der Waals surface area (Å²) in [5.74, 6) is 0.798. The van der Waals surface area contributed by atoms with Crippen molar-refractivity contribution in [3.05, 3.63) is 23.8 Å². The summed E-state index contributed by atoms with van der Waals surface area (Å²) in [6, 6.07) is 7.34. The molecule has 2 atom stereocenters. The molecule has 1 aromatic carbocycles. The monoisotopic (exact) mass is 246 g/mol. The van der Waals surface area contributed by atoms with E-state index in [0.717, 1.165) is 5.92 Å². The highest BCUT2D eigenvalue weighted by Gasteiger charge is 2.21. The quantitative estimate of drug-likeness (QED) is 0.865. The van der Waals surface area contributed by atoms with E-state index in [9.17, 15) is 0 Å². The van der Waals surface area contributed by atoms with Crippen LogP contribution in [-0.2, 0) is 0 Å². The van der Waals surface area contributed by atoms with Crippen molar-refractivity contribution in [3.63, 3.8) is 0 Å². The molecule has 1 aromatic rings. The summed E-state index contributed by atoms with van der Waals surface area (Å²) in [6.45, 7) is 4.57. The Hall–Kier alpha value is -1.18. The summed E-state index contributed by atoms with van der Waals surface area (Å²) in [7, 11) is 4.18. The van der Waals surface area contributed by atoms with Gasteiger partial charge in [-0.3, -0.25) is 0 Å². The lowest BCUT2D eigenvalue weighted by atomic mass is 9.85. The van der Waals surface area contributed by atoms with Gasteiger partial charge in [-0.1, -0.05) is 19.8 Å². The molecule has 0 amide bonds. The minimum atomic E-state index is 0.655. The SMILES string of the molecule is Cc1cc(N(C)C)ccc1NC1CCCCC1C. The van der Waals surface area contributed by atoms with Gasteiger partial charge in [0.2, 0.25) is 0 Å². The molecule has 2 unspecified atom stereocenters. The maximum atomic E-state index is 3.75. The second kappa shape index (κ2) is 5.64. The van der Waals surface area contributed by atoms with Gasteiger partial charge in [-0.25, -0.2) is 0 Å². The van der Waals surface area contributed by atoms with Gasteiger partial charge in [-0.2, -0.15) is 0 Å². The van der Waals surface area contributed by atoms with Crippen molar-refractivity contribution in [2.75, 3.05) is 24.3 Å². The maximum Gasteiger partial charge on any atom is 0.0373 e. The van der Waals surface area contributed by atoms with Crippen LogP contribution in [-0.4, -0.2) is 20.1 Å². The molecule has 0 radical (unpaired) electrons. The van der Waals surface area contributed by atoms with Gasteiger partial charge in [-0.15, -0.1) is 0 Å². The van der Waals surface area contributed by atoms with Crippen molar-refractivity contribution < 1.29 is 0 Å². The normalized spacial score (nSPS) is 23.8. The Morgan fingerprint density at radius 3 is 2.50 bits per heavy atom. The van der Waals surface area contributed by atoms with Crippen LogP contribution < -0.4 is 10.2 Å². The number of aryl methyl sites for hydroxylation is 1. The number of nitrogens with one attached hydrogen (secondary N) is 1. The van der Waals surface area contributed by atoms with E-state index in [1.807, 2.05) is 0 Å². The number of hydrogen-bond donors (Lipinski definition) is 1. The van der Waals surface area contributed by atoms with Crippen LogP contribution in [0.5, 0.6) is 0 Å². The van der Waals surface area contributed by atoms with Crippen LogP contribution in [0.3, 0.4) is 0 Å². The lowest BCUT2D eigenvalue weighted by Crippen LogP contribution is -2.30. The molecule has 0 heterocycles. The van der Waals surface area contributed by atoms with E-state index in [1.165, 1.54) is 42.6 Å². The highest BCUT2D eigenvalue weighted by molar-refractivity contribution is 5.60. The molecule has 0 spiro atoms. The predicted octanol–water partition coefficient (Wildman–Crippen LogP) is 4.05. The molecule has 1 aliphatic rings. The summed E-state index contributed by atoms with van der Waals surface area (Å²) in [5.41, 5.74) is 3.92. The fraction of sp³-hybridized carbons (Fsp3) is 0.625. The van der Waals surface area contributed by atoms with E-state index < -0.39 is 0 Å². The molecule has 2 nitrogen and oxygen atoms in total. The number of benzene rings is 1. The standard InChI is InChI=1S/C16H26N2/c1-12-7-5-6-8-15(12)17-16-10-9-14(18(3)4)11-13(16)2/h9-12,15,17H,5-8H2,1-4H3. The van der Waals surface area contributed by atoms with Gasteiger partial charge < -0.3 is 10.2 Å². The van der Waals surface area contributed by atoms with Gasteiger partial charge in [-0.05, 0) is 49.4 Å². The molecule has 18 heavy (non-hydrogen) atoms. The Bertz CT molecular complexity index is 398. The van der Waals surface area contributed by atoms with Crippen LogP contribution in [0.1, 0.15) is 38.2 Å². The van der Waals surface area contributed by atoms with Crippen molar-refractivity contribution >= 4 is 11.4 Å². The van der Waals surface area contributed by atoms with Gasteiger partial charge in [0, 0.05) is 31.5 Å². The lowest BCUT2D eigenvalue weighted by Gasteiger charge is -2.31. The number of rotatable bonds is 3. The fourth-order valence-electron chi connectivity index (χ4n) is 2.82. The van der Waals surface area contributed by atoms with Crippen LogP contribution in [0.4, 0.5) is 11.4 Å². The molecule has 2 heteroatoms. The lowest BCUT2D eigenvalue weighted by molar-refractivity contribution is 0.349. The summed E-state index contributed by atoms with van der Waals surface area (Å²) < 4.78 is 0. The highest BCUT2D eigenvalue weighted by atomic mass is 15.1. The van der Waals surface area contributed by atoms with Gasteiger partial charge in [0.1, 0.15) is 0 Å². The third-order valence-corrected chi connectivity index (χ3v) is 4.18. The zero-order valence-electron chi connectivity index (χ0n) is 12.2. The van der Waals surface area contributed by atoms with Crippen molar-refractivity contribution in [2.45, 2.75) is 45.6 Å². The largest absolute Gasteiger partial charge is 0.382 e. The Morgan fingerprint density at radius 2 is 1.89 bits per heavy atom. The van der Waals surface area contributed by atoms with Crippen LogP contribution >= 0.6 is 0 Å². The molecule has 1 N–H and O–H groups in total. The summed E-state index contributed by atoms with van der Waals surface area (Å²) >= 11 is 0. The zero-order valence-corrected chi connectivity index (χ0v) is 12.2. The minimum absolute atomic E-state index is 0.655. The van der Waals surface area contributed by atoms with Crippen LogP contribution in [0.25, 0.3) is 0 Å². The Kier molecular flexibility index (Phi) is 4.15. The summed E-state index contributed by atoms with van der Waals surface area (Å²) in [6.07, 6.45) is 5.46. The van der Waals surface area contributed by atoms with E-state index in [-0.39, 0.29) is 0 Å². The maximum absolute atomic E-state index is 3.75. The summed E-state index contributed by atoms with van der Waals surface area (Å²) in [5, 5.41) is 3.75. The molecule has 1 aliphatic carbocycles. The smallest absolute Gasteiger partial charge is 0.0373 e. The summed E-state index contributed by atoms with van der Waals surface area (Å²) in [4.78, 5) is 2.15. The van der Waals surface area contributed by atoms with Gasteiger partial charge in [0.05, 0.1) is 0 Å². The second-order valence-electron chi connectivity index (χ2n) is 5.91. The Labute approximate surface area is 111 Å². The average molecular weight is 246 g/mol. The molecule has 1 saturated carbocycles. The minimum Gasteiger partial charge on any atom is -0.382 e. The van der Waals surface area contributed by atoms with Crippen molar-refractivity contribution in [2.24, 2.45) is 5.92 Å². The van der Waals surface area contributed by atoms with Crippen LogP contribution in [0.2, 0.25) is 0 Å². The molecule has 0 aromatic heterocycles. The second-order valence-corrected chi connectivity index (χ2v) is 5.91. The van der Waals surface area contributed by atoms with Crippen molar-refractivity contribution in [1.82, 2.24) is 0 Å². The molecular weight excluding hydrogens is 220 g/mol. The predicted molar refractivity (Wildman–Crippen MR) is 80.5 cm³/mol. The Balaban J connectivity index is 2.09. The molecule has 0 aliphatic heterocycles. The van der Waals surface area contributed by atoms with E-state index in [0.29, 0.717) is 6.04 Å². The molecule has 1 fully saturated rings. The first-order valence-corrected chi connectivity index (χ1v) is 7.12. The van der Waals surface area contributed by atoms with Gasteiger partial charge in [0.25, 0.3) is 0 Å². The highest BCUT2D eigenvalue weighted by Crippen LogP contribution is 2.29. The first-order valence-electron chi connectivity index (χ1n) is 7.12.